The van der Waals surface area contributed by atoms with Gasteiger partial charge < -0.3 is 13.6 Å². The zero-order valence-electron chi connectivity index (χ0n) is 34.2. The van der Waals surface area contributed by atoms with Crippen LogP contribution in [0.25, 0.3) is 121 Å². The second-order valence-corrected chi connectivity index (χ2v) is 16.5. The Kier molecular flexibility index (Phi) is 7.91. The normalized spacial score (nSPS) is 11.8. The molecule has 0 unspecified atom stereocenters. The highest BCUT2D eigenvalue weighted by Gasteiger charge is 2.21. The van der Waals surface area contributed by atoms with Gasteiger partial charge in [0.05, 0.1) is 22.1 Å². The summed E-state index contributed by atoms with van der Waals surface area (Å²) in [5.41, 5.74) is 17.8. The van der Waals surface area contributed by atoms with Gasteiger partial charge in [-0.05, 0) is 118 Å². The van der Waals surface area contributed by atoms with E-state index in [4.69, 9.17) is 4.42 Å². The molecule has 0 saturated carbocycles. The number of rotatable bonds is 6. The molecule has 3 heteroatoms. The zero-order chi connectivity index (χ0) is 41.4. The topological polar surface area (TPSA) is 23.0 Å². The van der Waals surface area contributed by atoms with Crippen LogP contribution in [0, 0.1) is 0 Å². The summed E-state index contributed by atoms with van der Waals surface area (Å²) in [6, 6.07) is 83.3. The van der Waals surface area contributed by atoms with E-state index in [9.17, 15) is 0 Å². The third-order valence-electron chi connectivity index (χ3n) is 12.9. The number of hydrogen-bond donors (Lipinski definition) is 0. The van der Waals surface area contributed by atoms with Crippen molar-refractivity contribution in [1.82, 2.24) is 9.13 Å². The number of hydrogen-bond acceptors (Lipinski definition) is 1. The van der Waals surface area contributed by atoms with Crippen molar-refractivity contribution in [2.24, 2.45) is 0 Å². The minimum Gasteiger partial charge on any atom is -0.455 e. The van der Waals surface area contributed by atoms with Crippen LogP contribution in [0.4, 0.5) is 0 Å². The Bertz CT molecular complexity index is 3620. The van der Waals surface area contributed by atoms with E-state index in [-0.39, 0.29) is 0 Å². The van der Waals surface area contributed by atoms with Crippen LogP contribution in [0.15, 0.2) is 235 Å². The van der Waals surface area contributed by atoms with Gasteiger partial charge in [-0.25, -0.2) is 0 Å². The number of furan rings is 1. The molecule has 294 valence electrons. The van der Waals surface area contributed by atoms with Crippen LogP contribution >= 0.6 is 0 Å². The van der Waals surface area contributed by atoms with Gasteiger partial charge in [0.1, 0.15) is 11.2 Å². The average molecular weight is 803 g/mol. The van der Waals surface area contributed by atoms with Crippen molar-refractivity contribution >= 4 is 65.6 Å². The van der Waals surface area contributed by atoms with Crippen molar-refractivity contribution in [2.75, 3.05) is 0 Å². The van der Waals surface area contributed by atoms with Crippen LogP contribution in [-0.2, 0) is 0 Å². The van der Waals surface area contributed by atoms with Crippen molar-refractivity contribution in [3.8, 4) is 55.9 Å². The van der Waals surface area contributed by atoms with E-state index in [0.29, 0.717) is 0 Å². The average Bonchev–Trinajstić information content (AvgIpc) is 4.02. The van der Waals surface area contributed by atoms with Crippen LogP contribution in [0.1, 0.15) is 0 Å². The molecule has 3 heterocycles. The SMILES string of the molecule is c1ccc(-c2cc(-c3ccc4c(c3)c3ccccc3n4-c3ccccc3)cc3c2oc2c(-c4ccccc4)cc(-c4ccc5c(c4)c4ccccc4n5-c4ccccc4)cc23)cc1. The molecule has 3 nitrogen and oxygen atoms in total. The third-order valence-corrected chi connectivity index (χ3v) is 12.9. The fraction of sp³-hybridized carbons (Fsp3) is 0. The number of benzene rings is 10. The molecule has 0 amide bonds. The lowest BCUT2D eigenvalue weighted by Gasteiger charge is -2.10. The molecular weight excluding hydrogens is 765 g/mol. The standard InChI is InChI=1S/C60H38N2O/c1-5-17-39(18-6-1)49-35-43(41-29-31-57-51(33-41)47-25-13-15-27-55(47)61(57)45-21-9-3-10-22-45)37-53-54-38-44(36-50(60(54)63-59(49)53)40-19-7-2-8-20-40)42-30-32-58-52(34-42)48-26-14-16-28-56(48)62(58)46-23-11-4-12-24-46/h1-38H. The summed E-state index contributed by atoms with van der Waals surface area (Å²) >= 11 is 0. The molecule has 0 fully saturated rings. The van der Waals surface area contributed by atoms with Crippen LogP contribution in [-0.4, -0.2) is 9.13 Å². The summed E-state index contributed by atoms with van der Waals surface area (Å²) in [5, 5.41) is 7.10. The maximum absolute atomic E-state index is 7.16. The van der Waals surface area contributed by atoms with Crippen molar-refractivity contribution in [3.63, 3.8) is 0 Å². The van der Waals surface area contributed by atoms with Gasteiger partial charge in [0.15, 0.2) is 0 Å². The van der Waals surface area contributed by atoms with Crippen molar-refractivity contribution in [3.05, 3.63) is 231 Å². The lowest BCUT2D eigenvalue weighted by atomic mass is 9.92. The van der Waals surface area contributed by atoms with E-state index in [2.05, 4.69) is 240 Å². The number of aromatic nitrogens is 2. The molecule has 0 spiro atoms. The van der Waals surface area contributed by atoms with Gasteiger partial charge in [-0.15, -0.1) is 0 Å². The van der Waals surface area contributed by atoms with Crippen LogP contribution < -0.4 is 0 Å². The van der Waals surface area contributed by atoms with E-state index in [1.54, 1.807) is 0 Å². The summed E-state index contributed by atoms with van der Waals surface area (Å²) in [6.07, 6.45) is 0. The molecule has 63 heavy (non-hydrogen) atoms. The van der Waals surface area contributed by atoms with Crippen LogP contribution in [0.3, 0.4) is 0 Å². The molecule has 0 aliphatic heterocycles. The maximum atomic E-state index is 7.16. The first-order valence-electron chi connectivity index (χ1n) is 21.6. The van der Waals surface area contributed by atoms with Crippen LogP contribution in [0.2, 0.25) is 0 Å². The molecule has 0 radical (unpaired) electrons. The summed E-state index contributed by atoms with van der Waals surface area (Å²) in [7, 11) is 0. The van der Waals surface area contributed by atoms with Gasteiger partial charge in [-0.1, -0.05) is 146 Å². The summed E-state index contributed by atoms with van der Waals surface area (Å²) in [5.74, 6) is 0. The summed E-state index contributed by atoms with van der Waals surface area (Å²) < 4.78 is 11.9. The smallest absolute Gasteiger partial charge is 0.143 e. The minimum atomic E-state index is 0.887. The monoisotopic (exact) mass is 802 g/mol. The number of nitrogens with zero attached hydrogens (tertiary/aromatic N) is 2. The van der Waals surface area contributed by atoms with Gasteiger partial charge in [-0.2, -0.15) is 0 Å². The van der Waals surface area contributed by atoms with Gasteiger partial charge in [-0.3, -0.25) is 0 Å². The first-order chi connectivity index (χ1) is 31.2. The number of fused-ring (bicyclic) bond motifs is 9. The van der Waals surface area contributed by atoms with Crippen LogP contribution in [0.5, 0.6) is 0 Å². The van der Waals surface area contributed by atoms with Crippen molar-refractivity contribution in [1.29, 1.82) is 0 Å². The zero-order valence-corrected chi connectivity index (χ0v) is 34.2. The van der Waals surface area contributed by atoms with E-state index >= 15 is 0 Å². The van der Waals surface area contributed by atoms with E-state index in [1.807, 2.05) is 0 Å². The molecular formula is C60H38N2O. The quantitative estimate of drug-likeness (QED) is 0.164. The first kappa shape index (κ1) is 35.4. The second-order valence-electron chi connectivity index (χ2n) is 16.5. The molecule has 0 saturated heterocycles. The highest BCUT2D eigenvalue weighted by atomic mass is 16.3. The molecule has 3 aromatic heterocycles. The third kappa shape index (κ3) is 5.60. The Morgan fingerprint density at radius 1 is 0.238 bits per heavy atom. The van der Waals surface area contributed by atoms with Gasteiger partial charge in [0, 0.05) is 54.8 Å². The van der Waals surface area contributed by atoms with E-state index in [1.165, 1.54) is 43.6 Å². The Balaban J connectivity index is 1.07. The second kappa shape index (κ2) is 14.1. The Labute approximate surface area is 363 Å². The molecule has 13 aromatic rings. The Hall–Kier alpha value is -8.40. The lowest BCUT2D eigenvalue weighted by molar-refractivity contribution is 0.671. The Morgan fingerprint density at radius 3 is 1.02 bits per heavy atom. The van der Waals surface area contributed by atoms with Gasteiger partial charge in [0.2, 0.25) is 0 Å². The van der Waals surface area contributed by atoms with Crippen molar-refractivity contribution < 1.29 is 4.42 Å². The van der Waals surface area contributed by atoms with E-state index in [0.717, 1.165) is 77.8 Å². The largest absolute Gasteiger partial charge is 0.455 e. The lowest BCUT2D eigenvalue weighted by Crippen LogP contribution is -1.92. The molecule has 13 rings (SSSR count). The fourth-order valence-corrected chi connectivity index (χ4v) is 9.99. The van der Waals surface area contributed by atoms with E-state index < -0.39 is 0 Å². The van der Waals surface area contributed by atoms with Gasteiger partial charge in [0.25, 0.3) is 0 Å². The highest BCUT2D eigenvalue weighted by molar-refractivity contribution is 6.17. The highest BCUT2D eigenvalue weighted by Crippen LogP contribution is 2.46. The molecule has 10 aromatic carbocycles. The van der Waals surface area contributed by atoms with Gasteiger partial charge >= 0.3 is 0 Å². The minimum absolute atomic E-state index is 0.887. The molecule has 0 aliphatic rings. The van der Waals surface area contributed by atoms with Crippen molar-refractivity contribution in [2.45, 2.75) is 0 Å². The summed E-state index contributed by atoms with van der Waals surface area (Å²) in [6.45, 7) is 0. The molecule has 0 aliphatic carbocycles. The fourth-order valence-electron chi connectivity index (χ4n) is 9.99. The predicted octanol–water partition coefficient (Wildman–Crippen LogP) is 16.4. The maximum Gasteiger partial charge on any atom is 0.143 e. The predicted molar refractivity (Wildman–Crippen MR) is 264 cm³/mol. The first-order valence-corrected chi connectivity index (χ1v) is 21.6. The Morgan fingerprint density at radius 2 is 0.587 bits per heavy atom. The molecule has 0 bridgehead atoms. The molecule has 0 N–H and O–H groups in total. The summed E-state index contributed by atoms with van der Waals surface area (Å²) in [4.78, 5) is 0. The molecule has 0 atom stereocenters. The number of para-hydroxylation sites is 4.